The van der Waals surface area contributed by atoms with E-state index in [-0.39, 0.29) is 17.7 Å². The van der Waals surface area contributed by atoms with Gasteiger partial charge in [0.2, 0.25) is 5.91 Å². The normalized spacial score (nSPS) is 15.3. The molecule has 0 radical (unpaired) electrons. The molecule has 1 aliphatic rings. The summed E-state index contributed by atoms with van der Waals surface area (Å²) in [5.74, 6) is 0.836. The van der Waals surface area contributed by atoms with E-state index in [1.54, 1.807) is 13.1 Å². The molecule has 146 valence electrons. The van der Waals surface area contributed by atoms with Crippen molar-refractivity contribution >= 4 is 23.0 Å². The lowest BCUT2D eigenvalue weighted by molar-refractivity contribution is -0.122. The summed E-state index contributed by atoms with van der Waals surface area (Å²) in [6, 6.07) is 1.20. The summed E-state index contributed by atoms with van der Waals surface area (Å²) in [7, 11) is 1.59. The van der Waals surface area contributed by atoms with Gasteiger partial charge in [0.05, 0.1) is 5.56 Å². The van der Waals surface area contributed by atoms with Gasteiger partial charge < -0.3 is 15.2 Å². The van der Waals surface area contributed by atoms with Gasteiger partial charge in [-0.15, -0.1) is 0 Å². The molecule has 3 rings (SSSR count). The molecule has 2 aromatic rings. The Morgan fingerprint density at radius 3 is 2.70 bits per heavy atom. The smallest absolute Gasteiger partial charge is 0.254 e. The Morgan fingerprint density at radius 1 is 1.22 bits per heavy atom. The van der Waals surface area contributed by atoms with E-state index in [2.05, 4.69) is 20.2 Å². The largest absolute Gasteiger partial charge is 0.357 e. The van der Waals surface area contributed by atoms with Gasteiger partial charge in [-0.25, -0.2) is 9.97 Å². The monoisotopic (exact) mass is 371 g/mol. The Morgan fingerprint density at radius 2 is 2.00 bits per heavy atom. The summed E-state index contributed by atoms with van der Waals surface area (Å²) >= 11 is 0. The number of rotatable bonds is 5. The van der Waals surface area contributed by atoms with Crippen LogP contribution in [0.15, 0.2) is 6.07 Å². The number of hydrogen-bond acceptors (Lipinski definition) is 4. The van der Waals surface area contributed by atoms with Gasteiger partial charge in [-0.1, -0.05) is 20.3 Å². The summed E-state index contributed by atoms with van der Waals surface area (Å²) < 4.78 is 2.15. The summed E-state index contributed by atoms with van der Waals surface area (Å²) in [6.45, 7) is 6.83. The number of likely N-dealkylation sites (N-methyl/N-ethyl adjacent to an activating group) is 1. The highest BCUT2D eigenvalue weighted by Gasteiger charge is 2.25. The fraction of sp³-hybridized carbons (Fsp3) is 0.600. The van der Waals surface area contributed by atoms with Crippen LogP contribution in [0.25, 0.3) is 11.2 Å². The van der Waals surface area contributed by atoms with Gasteiger partial charge in [-0.3, -0.25) is 9.59 Å². The molecule has 0 aromatic carbocycles. The van der Waals surface area contributed by atoms with Crippen LogP contribution in [-0.4, -0.2) is 39.4 Å². The zero-order valence-corrected chi connectivity index (χ0v) is 16.6. The molecule has 2 N–H and O–H groups in total. The Hall–Kier alpha value is -2.44. The van der Waals surface area contributed by atoms with E-state index in [1.807, 2.05) is 20.8 Å². The molecule has 7 heteroatoms. The van der Waals surface area contributed by atoms with Gasteiger partial charge in [-0.2, -0.15) is 0 Å². The first-order chi connectivity index (χ1) is 12.9. The van der Waals surface area contributed by atoms with Crippen LogP contribution in [0.5, 0.6) is 0 Å². The average molecular weight is 371 g/mol. The molecule has 1 aliphatic heterocycles. The summed E-state index contributed by atoms with van der Waals surface area (Å²) in [6.07, 6.45) is 4.88. The lowest BCUT2D eigenvalue weighted by atomic mass is 10.0. The minimum Gasteiger partial charge on any atom is -0.357 e. The van der Waals surface area contributed by atoms with Crippen LogP contribution in [0.1, 0.15) is 61.4 Å². The van der Waals surface area contributed by atoms with Gasteiger partial charge in [-0.05, 0) is 38.2 Å². The molecule has 2 amide bonds. The SMILES string of the molecule is CNC(=O)C(CC(C)C)NC(=O)c1cc(C)nc2c1nc1n2CCCCC1. The van der Waals surface area contributed by atoms with Crippen LogP contribution in [0.3, 0.4) is 0 Å². The van der Waals surface area contributed by atoms with Crippen molar-refractivity contribution in [1.82, 2.24) is 25.2 Å². The van der Waals surface area contributed by atoms with Crippen molar-refractivity contribution in [1.29, 1.82) is 0 Å². The molecule has 0 saturated heterocycles. The minimum absolute atomic E-state index is 0.181. The number of hydrogen-bond donors (Lipinski definition) is 2. The molecule has 0 fully saturated rings. The third kappa shape index (κ3) is 4.12. The van der Waals surface area contributed by atoms with Crippen LogP contribution in [0.2, 0.25) is 0 Å². The average Bonchev–Trinajstić information content (AvgIpc) is 2.80. The number of nitrogens with zero attached hydrogens (tertiary/aromatic N) is 3. The maximum atomic E-state index is 13.0. The second-order valence-corrected chi connectivity index (χ2v) is 7.74. The first-order valence-corrected chi connectivity index (χ1v) is 9.80. The van der Waals surface area contributed by atoms with Crippen LogP contribution in [0.4, 0.5) is 0 Å². The molecule has 0 bridgehead atoms. The Kier molecular flexibility index (Phi) is 5.77. The molecule has 0 aliphatic carbocycles. The van der Waals surface area contributed by atoms with E-state index < -0.39 is 6.04 Å². The number of imidazole rings is 1. The maximum Gasteiger partial charge on any atom is 0.254 e. The quantitative estimate of drug-likeness (QED) is 0.844. The number of aromatic nitrogens is 3. The van der Waals surface area contributed by atoms with Crippen molar-refractivity contribution in [3.8, 4) is 0 Å². The third-order valence-corrected chi connectivity index (χ3v) is 5.01. The van der Waals surface area contributed by atoms with E-state index in [4.69, 9.17) is 4.98 Å². The van der Waals surface area contributed by atoms with Crippen LogP contribution < -0.4 is 10.6 Å². The number of pyridine rings is 1. The highest BCUT2D eigenvalue weighted by molar-refractivity contribution is 6.05. The van der Waals surface area contributed by atoms with Crippen molar-refractivity contribution in [3.05, 3.63) is 23.1 Å². The Balaban J connectivity index is 1.97. The lowest BCUT2D eigenvalue weighted by Crippen LogP contribution is -2.46. The molecule has 1 unspecified atom stereocenters. The number of aryl methyl sites for hydroxylation is 3. The standard InChI is InChI=1S/C20H29N5O2/c1-12(2)10-15(20(27)21-4)23-19(26)14-11-13(3)22-18-17(14)24-16-8-6-5-7-9-25(16)18/h11-12,15H,5-10H2,1-4H3,(H,21,27)(H,23,26). The summed E-state index contributed by atoms with van der Waals surface area (Å²) in [5.41, 5.74) is 2.68. The maximum absolute atomic E-state index is 13.0. The summed E-state index contributed by atoms with van der Waals surface area (Å²) in [4.78, 5) is 34.6. The van der Waals surface area contributed by atoms with Gasteiger partial charge in [0.25, 0.3) is 5.91 Å². The predicted octanol–water partition coefficient (Wildman–Crippen LogP) is 2.36. The van der Waals surface area contributed by atoms with E-state index in [0.29, 0.717) is 17.5 Å². The van der Waals surface area contributed by atoms with Crippen molar-refractivity contribution < 1.29 is 9.59 Å². The molecule has 0 saturated carbocycles. The molecule has 3 heterocycles. The highest BCUT2D eigenvalue weighted by atomic mass is 16.2. The zero-order valence-electron chi connectivity index (χ0n) is 16.6. The van der Waals surface area contributed by atoms with Crippen LogP contribution in [-0.2, 0) is 17.8 Å². The van der Waals surface area contributed by atoms with Gasteiger partial charge in [0.1, 0.15) is 17.4 Å². The van der Waals surface area contributed by atoms with Crippen LogP contribution >= 0.6 is 0 Å². The Labute approximate surface area is 159 Å². The van der Waals surface area contributed by atoms with Gasteiger partial charge in [0, 0.05) is 25.7 Å². The number of fused-ring (bicyclic) bond motifs is 3. The van der Waals surface area contributed by atoms with Crippen LogP contribution in [0, 0.1) is 12.8 Å². The number of amides is 2. The first-order valence-electron chi connectivity index (χ1n) is 9.80. The second-order valence-electron chi connectivity index (χ2n) is 7.74. The van der Waals surface area contributed by atoms with Gasteiger partial charge >= 0.3 is 0 Å². The van der Waals surface area contributed by atoms with Gasteiger partial charge in [0.15, 0.2) is 5.65 Å². The van der Waals surface area contributed by atoms with Crippen molar-refractivity contribution in [3.63, 3.8) is 0 Å². The lowest BCUT2D eigenvalue weighted by Gasteiger charge is -2.19. The molecule has 2 aromatic heterocycles. The second kappa shape index (κ2) is 8.06. The first kappa shape index (κ1) is 19.3. The molecule has 7 nitrogen and oxygen atoms in total. The van der Waals surface area contributed by atoms with Crippen molar-refractivity contribution in [2.45, 2.75) is 65.5 Å². The fourth-order valence-corrected chi connectivity index (χ4v) is 3.70. The molecule has 27 heavy (non-hydrogen) atoms. The van der Waals surface area contributed by atoms with E-state index in [0.717, 1.165) is 43.0 Å². The summed E-state index contributed by atoms with van der Waals surface area (Å²) in [5, 5.41) is 5.54. The number of nitrogens with one attached hydrogen (secondary N) is 2. The molecule has 0 spiro atoms. The number of carbonyl (C=O) groups is 2. The molecular formula is C20H29N5O2. The van der Waals surface area contributed by atoms with E-state index >= 15 is 0 Å². The molecule has 1 atom stereocenters. The molecular weight excluding hydrogens is 342 g/mol. The van der Waals surface area contributed by atoms with E-state index in [1.165, 1.54) is 6.42 Å². The zero-order chi connectivity index (χ0) is 19.6. The number of carbonyl (C=O) groups excluding carboxylic acids is 2. The topological polar surface area (TPSA) is 88.9 Å². The van der Waals surface area contributed by atoms with Crippen molar-refractivity contribution in [2.75, 3.05) is 7.05 Å². The fourth-order valence-electron chi connectivity index (χ4n) is 3.70. The predicted molar refractivity (Wildman–Crippen MR) is 105 cm³/mol. The minimum atomic E-state index is -0.563. The Bertz CT molecular complexity index is 856. The van der Waals surface area contributed by atoms with E-state index in [9.17, 15) is 9.59 Å². The highest BCUT2D eigenvalue weighted by Crippen LogP contribution is 2.24. The third-order valence-electron chi connectivity index (χ3n) is 5.01. The van der Waals surface area contributed by atoms with Crippen molar-refractivity contribution in [2.24, 2.45) is 5.92 Å².